The van der Waals surface area contributed by atoms with Crippen LogP contribution in [-0.2, 0) is 10.2 Å². The van der Waals surface area contributed by atoms with E-state index in [0.717, 1.165) is 25.4 Å². The van der Waals surface area contributed by atoms with Gasteiger partial charge in [-0.25, -0.2) is 0 Å². The molecule has 2 rings (SSSR count). The quantitative estimate of drug-likeness (QED) is 0.814. The number of nitrogens with zero attached hydrogens (tertiary/aromatic N) is 1. The van der Waals surface area contributed by atoms with Gasteiger partial charge < -0.3 is 9.47 Å². The minimum absolute atomic E-state index is 0.0334. The monoisotopic (exact) mass is 259 g/mol. The Bertz CT molecular complexity index is 484. The van der Waals surface area contributed by atoms with Crippen LogP contribution in [0.1, 0.15) is 43.7 Å². The average Bonchev–Trinajstić information content (AvgIpc) is 2.37. The first kappa shape index (κ1) is 13.9. The summed E-state index contributed by atoms with van der Waals surface area (Å²) in [6.07, 6.45) is 1.44. The molecule has 1 aromatic carbocycles. The van der Waals surface area contributed by atoms with Gasteiger partial charge in [-0.2, -0.15) is 5.26 Å². The highest BCUT2D eigenvalue weighted by molar-refractivity contribution is 5.43. The zero-order chi connectivity index (χ0) is 13.9. The Balaban J connectivity index is 2.34. The van der Waals surface area contributed by atoms with E-state index in [1.54, 1.807) is 7.11 Å². The molecule has 0 amide bonds. The molecule has 1 aliphatic heterocycles. The van der Waals surface area contributed by atoms with Gasteiger partial charge in [-0.15, -0.1) is 0 Å². The zero-order valence-corrected chi connectivity index (χ0v) is 11.9. The fourth-order valence-corrected chi connectivity index (χ4v) is 2.61. The average molecular weight is 259 g/mol. The first-order valence-corrected chi connectivity index (χ1v) is 6.76. The van der Waals surface area contributed by atoms with E-state index < -0.39 is 0 Å². The highest BCUT2D eigenvalue weighted by Gasteiger charge is 2.40. The topological polar surface area (TPSA) is 42.2 Å². The Hall–Kier alpha value is -1.53. The number of methoxy groups -OCH3 is 1. The Labute approximate surface area is 115 Å². The minimum Gasteiger partial charge on any atom is -0.496 e. The van der Waals surface area contributed by atoms with E-state index in [1.807, 2.05) is 6.07 Å². The summed E-state index contributed by atoms with van der Waals surface area (Å²) >= 11 is 0. The predicted octanol–water partition coefficient (Wildman–Crippen LogP) is 3.39. The van der Waals surface area contributed by atoms with Gasteiger partial charge in [0.2, 0.25) is 0 Å². The van der Waals surface area contributed by atoms with E-state index in [4.69, 9.17) is 14.7 Å². The summed E-state index contributed by atoms with van der Waals surface area (Å²) in [5.74, 6) is 1.36. The van der Waals surface area contributed by atoms with Gasteiger partial charge in [0.25, 0.3) is 0 Å². The second-order valence-corrected chi connectivity index (χ2v) is 5.54. The molecule has 1 saturated heterocycles. The summed E-state index contributed by atoms with van der Waals surface area (Å²) in [5, 5.41) is 8.81. The summed E-state index contributed by atoms with van der Waals surface area (Å²) in [5.41, 5.74) is 2.53. The normalized spacial score (nSPS) is 16.8. The maximum absolute atomic E-state index is 8.81. The van der Waals surface area contributed by atoms with E-state index in [0.29, 0.717) is 12.3 Å². The van der Waals surface area contributed by atoms with Crippen LogP contribution in [0.3, 0.4) is 0 Å². The molecule has 3 nitrogen and oxygen atoms in total. The fraction of sp³-hybridized carbons (Fsp3) is 0.562. The van der Waals surface area contributed by atoms with E-state index in [9.17, 15) is 0 Å². The maximum Gasteiger partial charge on any atom is 0.122 e. The maximum atomic E-state index is 8.81. The van der Waals surface area contributed by atoms with Gasteiger partial charge in [0.15, 0.2) is 0 Å². The smallest absolute Gasteiger partial charge is 0.122 e. The Morgan fingerprint density at radius 3 is 2.63 bits per heavy atom. The van der Waals surface area contributed by atoms with Crippen LogP contribution in [0.15, 0.2) is 18.2 Å². The van der Waals surface area contributed by atoms with Gasteiger partial charge >= 0.3 is 0 Å². The van der Waals surface area contributed by atoms with Gasteiger partial charge in [0.1, 0.15) is 5.75 Å². The fourth-order valence-electron chi connectivity index (χ4n) is 2.61. The number of nitriles is 1. The molecule has 0 atom stereocenters. The number of hydrogen-bond donors (Lipinski definition) is 0. The molecule has 0 radical (unpaired) electrons. The van der Waals surface area contributed by atoms with Crippen molar-refractivity contribution in [2.45, 2.75) is 38.0 Å². The molecule has 1 aromatic rings. The van der Waals surface area contributed by atoms with Crippen molar-refractivity contribution in [1.29, 1.82) is 5.26 Å². The molecule has 0 N–H and O–H groups in total. The molecule has 0 unspecified atom stereocenters. The summed E-state index contributed by atoms with van der Waals surface area (Å²) in [6, 6.07) is 8.62. The van der Waals surface area contributed by atoms with Crippen LogP contribution in [0.4, 0.5) is 0 Å². The summed E-state index contributed by atoms with van der Waals surface area (Å²) in [7, 11) is 1.71. The van der Waals surface area contributed by atoms with Crippen molar-refractivity contribution in [3.8, 4) is 11.8 Å². The van der Waals surface area contributed by atoms with Crippen LogP contribution in [-0.4, -0.2) is 20.3 Å². The van der Waals surface area contributed by atoms with Gasteiger partial charge in [-0.05, 0) is 29.5 Å². The molecule has 0 aromatic heterocycles. The molecule has 0 bridgehead atoms. The molecular formula is C16H21NO2. The first-order chi connectivity index (χ1) is 9.13. The van der Waals surface area contributed by atoms with Crippen molar-refractivity contribution in [2.24, 2.45) is 0 Å². The summed E-state index contributed by atoms with van der Waals surface area (Å²) in [4.78, 5) is 0. The van der Waals surface area contributed by atoms with E-state index >= 15 is 0 Å². The number of hydrogen-bond acceptors (Lipinski definition) is 3. The third-order valence-corrected chi connectivity index (χ3v) is 3.94. The molecule has 1 aliphatic rings. The Kier molecular flexibility index (Phi) is 4.11. The van der Waals surface area contributed by atoms with Gasteiger partial charge in [-0.1, -0.05) is 26.0 Å². The molecule has 0 spiro atoms. The first-order valence-electron chi connectivity index (χ1n) is 6.76. The zero-order valence-electron chi connectivity index (χ0n) is 11.9. The Morgan fingerprint density at radius 2 is 2.16 bits per heavy atom. The van der Waals surface area contributed by atoms with Crippen LogP contribution in [0.5, 0.6) is 5.75 Å². The molecule has 0 aliphatic carbocycles. The molecule has 0 saturated carbocycles. The largest absolute Gasteiger partial charge is 0.496 e. The highest BCUT2D eigenvalue weighted by atomic mass is 16.5. The second kappa shape index (κ2) is 5.63. The third kappa shape index (κ3) is 2.59. The van der Waals surface area contributed by atoms with Crippen molar-refractivity contribution < 1.29 is 9.47 Å². The number of rotatable bonds is 5. The number of benzene rings is 1. The van der Waals surface area contributed by atoms with Crippen molar-refractivity contribution in [3.05, 3.63) is 29.3 Å². The molecule has 3 heteroatoms. The standard InChI is InChI=1S/C16H21NO2/c1-12(2)14-9-13(5-6-15(14)18-3)16(7-4-8-17)10-19-11-16/h5-6,9,12H,4,7,10-11H2,1-3H3. The van der Waals surface area contributed by atoms with Gasteiger partial charge in [-0.3, -0.25) is 0 Å². The lowest BCUT2D eigenvalue weighted by Gasteiger charge is -2.42. The summed E-state index contributed by atoms with van der Waals surface area (Å²) in [6.45, 7) is 5.78. The molecule has 1 heterocycles. The van der Waals surface area contributed by atoms with Crippen molar-refractivity contribution in [1.82, 2.24) is 0 Å². The molecular weight excluding hydrogens is 238 g/mol. The predicted molar refractivity (Wildman–Crippen MR) is 74.4 cm³/mol. The molecule has 19 heavy (non-hydrogen) atoms. The number of ether oxygens (including phenoxy) is 2. The SMILES string of the molecule is COc1ccc(C2(CCC#N)COC2)cc1C(C)C. The van der Waals surface area contributed by atoms with Crippen molar-refractivity contribution >= 4 is 0 Å². The van der Waals surface area contributed by atoms with Crippen molar-refractivity contribution in [2.75, 3.05) is 20.3 Å². The Morgan fingerprint density at radius 1 is 1.42 bits per heavy atom. The third-order valence-electron chi connectivity index (χ3n) is 3.94. The lowest BCUT2D eigenvalue weighted by atomic mass is 9.74. The van der Waals surface area contributed by atoms with Crippen LogP contribution in [0, 0.1) is 11.3 Å². The van der Waals surface area contributed by atoms with Crippen molar-refractivity contribution in [3.63, 3.8) is 0 Å². The van der Waals surface area contributed by atoms with E-state index in [-0.39, 0.29) is 5.41 Å². The van der Waals surface area contributed by atoms with Gasteiger partial charge in [0, 0.05) is 11.8 Å². The molecule has 102 valence electrons. The molecule has 1 fully saturated rings. The highest BCUT2D eigenvalue weighted by Crippen LogP contribution is 2.39. The lowest BCUT2D eigenvalue weighted by Crippen LogP contribution is -2.46. The summed E-state index contributed by atoms with van der Waals surface area (Å²) < 4.78 is 10.8. The van der Waals surface area contributed by atoms with Crippen LogP contribution < -0.4 is 4.74 Å². The van der Waals surface area contributed by atoms with E-state index in [1.165, 1.54) is 11.1 Å². The van der Waals surface area contributed by atoms with Crippen LogP contribution in [0.2, 0.25) is 0 Å². The van der Waals surface area contributed by atoms with Crippen LogP contribution in [0.25, 0.3) is 0 Å². The van der Waals surface area contributed by atoms with Crippen LogP contribution >= 0.6 is 0 Å². The van der Waals surface area contributed by atoms with Gasteiger partial charge in [0.05, 0.1) is 26.4 Å². The van der Waals surface area contributed by atoms with E-state index in [2.05, 4.69) is 32.0 Å². The lowest BCUT2D eigenvalue weighted by molar-refractivity contribution is -0.0637. The second-order valence-electron chi connectivity index (χ2n) is 5.54. The minimum atomic E-state index is 0.0334.